The Morgan fingerprint density at radius 3 is 2.24 bits per heavy atom. The maximum absolute atomic E-state index is 13.1. The molecule has 0 bridgehead atoms. The topological polar surface area (TPSA) is 46.6 Å². The number of aryl methyl sites for hydroxylation is 3. The number of rotatable bonds is 5. The quantitative estimate of drug-likeness (QED) is 0.818. The summed E-state index contributed by atoms with van der Waals surface area (Å²) in [5.74, 6) is 0.441. The van der Waals surface area contributed by atoms with Gasteiger partial charge in [-0.05, 0) is 61.4 Å². The first-order valence-corrected chi connectivity index (χ1v) is 10.1. The van der Waals surface area contributed by atoms with Crippen LogP contribution in [0.3, 0.4) is 0 Å². The van der Waals surface area contributed by atoms with Gasteiger partial charge in [-0.2, -0.15) is 4.31 Å². The van der Waals surface area contributed by atoms with Crippen molar-refractivity contribution in [2.45, 2.75) is 44.0 Å². The molecule has 5 heteroatoms. The van der Waals surface area contributed by atoms with Crippen molar-refractivity contribution in [1.29, 1.82) is 0 Å². The van der Waals surface area contributed by atoms with Crippen LogP contribution < -0.4 is 4.74 Å². The fourth-order valence-electron chi connectivity index (χ4n) is 3.31. The zero-order valence-corrected chi connectivity index (χ0v) is 15.9. The van der Waals surface area contributed by atoms with Crippen molar-refractivity contribution < 1.29 is 13.2 Å². The maximum Gasteiger partial charge on any atom is 0.246 e. The van der Waals surface area contributed by atoms with Gasteiger partial charge in [-0.25, -0.2) is 8.42 Å². The average Bonchev–Trinajstić information content (AvgIpc) is 2.62. The van der Waals surface area contributed by atoms with E-state index in [9.17, 15) is 8.42 Å². The van der Waals surface area contributed by atoms with Gasteiger partial charge in [0.25, 0.3) is 0 Å². The first kappa shape index (κ1) is 18.0. The molecule has 0 saturated heterocycles. The number of hydrogen-bond acceptors (Lipinski definition) is 3. The molecular formula is C20H25NO3S. The largest absolute Gasteiger partial charge is 0.495 e. The number of fused-ring (bicyclic) bond motifs is 1. The van der Waals surface area contributed by atoms with Crippen molar-refractivity contribution in [3.05, 3.63) is 58.7 Å². The predicted molar refractivity (Wildman–Crippen MR) is 99.5 cm³/mol. The van der Waals surface area contributed by atoms with Gasteiger partial charge >= 0.3 is 0 Å². The van der Waals surface area contributed by atoms with Gasteiger partial charge in [-0.3, -0.25) is 0 Å². The molecule has 0 fully saturated rings. The highest BCUT2D eigenvalue weighted by molar-refractivity contribution is 7.89. The van der Waals surface area contributed by atoms with E-state index in [-0.39, 0.29) is 4.90 Å². The van der Waals surface area contributed by atoms with Crippen molar-refractivity contribution in [3.8, 4) is 5.75 Å². The molecule has 0 aliphatic heterocycles. The van der Waals surface area contributed by atoms with Crippen LogP contribution in [-0.2, 0) is 29.4 Å². The molecule has 1 aliphatic carbocycles. The molecule has 3 rings (SSSR count). The van der Waals surface area contributed by atoms with E-state index >= 15 is 0 Å². The zero-order chi connectivity index (χ0) is 18.0. The van der Waals surface area contributed by atoms with Gasteiger partial charge in [0.15, 0.2) is 0 Å². The first-order chi connectivity index (χ1) is 11.9. The average molecular weight is 359 g/mol. The lowest BCUT2D eigenvalue weighted by molar-refractivity contribution is 0.396. The highest BCUT2D eigenvalue weighted by Gasteiger charge is 2.27. The predicted octanol–water partition coefficient (Wildman–Crippen LogP) is 3.70. The molecule has 0 unspecified atom stereocenters. The molecule has 1 aliphatic rings. The third-order valence-electron chi connectivity index (χ3n) is 4.84. The van der Waals surface area contributed by atoms with Crippen LogP contribution in [0.5, 0.6) is 5.75 Å². The highest BCUT2D eigenvalue weighted by Crippen LogP contribution is 2.33. The lowest BCUT2D eigenvalue weighted by Crippen LogP contribution is -2.27. The number of ether oxygens (including phenoxy) is 1. The van der Waals surface area contributed by atoms with Crippen LogP contribution in [0.4, 0.5) is 0 Å². The number of sulfonamides is 1. The van der Waals surface area contributed by atoms with Crippen molar-refractivity contribution in [3.63, 3.8) is 0 Å². The lowest BCUT2D eigenvalue weighted by atomic mass is 9.92. The third kappa shape index (κ3) is 3.72. The molecule has 25 heavy (non-hydrogen) atoms. The Kier molecular flexibility index (Phi) is 5.16. The number of nitrogens with zero attached hydrogens (tertiary/aromatic N) is 1. The Morgan fingerprint density at radius 1 is 1.04 bits per heavy atom. The lowest BCUT2D eigenvalue weighted by Gasteiger charge is -2.22. The van der Waals surface area contributed by atoms with Crippen LogP contribution >= 0.6 is 0 Å². The van der Waals surface area contributed by atoms with E-state index in [1.807, 2.05) is 43.3 Å². The number of methoxy groups -OCH3 is 1. The van der Waals surface area contributed by atoms with Gasteiger partial charge < -0.3 is 4.74 Å². The normalized spacial score (nSPS) is 14.4. The van der Waals surface area contributed by atoms with Gasteiger partial charge in [-0.15, -0.1) is 0 Å². The monoisotopic (exact) mass is 359 g/mol. The van der Waals surface area contributed by atoms with Gasteiger partial charge in [0.1, 0.15) is 10.6 Å². The van der Waals surface area contributed by atoms with Crippen molar-refractivity contribution in [1.82, 2.24) is 4.31 Å². The van der Waals surface area contributed by atoms with Gasteiger partial charge in [0.2, 0.25) is 10.0 Å². The summed E-state index contributed by atoms with van der Waals surface area (Å²) < 4.78 is 33.0. The second kappa shape index (κ2) is 7.18. The van der Waals surface area contributed by atoms with Gasteiger partial charge in [0.05, 0.1) is 7.11 Å². The van der Waals surface area contributed by atoms with E-state index in [0.29, 0.717) is 12.3 Å². The summed E-state index contributed by atoms with van der Waals surface area (Å²) in [6.45, 7) is 2.35. The van der Waals surface area contributed by atoms with Crippen molar-refractivity contribution in [2.24, 2.45) is 0 Å². The Balaban J connectivity index is 1.94. The van der Waals surface area contributed by atoms with E-state index in [4.69, 9.17) is 4.74 Å². The van der Waals surface area contributed by atoms with E-state index in [0.717, 1.165) is 42.4 Å². The minimum absolute atomic E-state index is 0.269. The molecule has 0 saturated carbocycles. The Morgan fingerprint density at radius 2 is 1.64 bits per heavy atom. The molecule has 4 nitrogen and oxygen atoms in total. The van der Waals surface area contributed by atoms with Crippen LogP contribution in [0, 0.1) is 6.92 Å². The Bertz CT molecular complexity index is 857. The second-order valence-electron chi connectivity index (χ2n) is 6.73. The molecule has 2 aromatic carbocycles. The summed E-state index contributed by atoms with van der Waals surface area (Å²) in [6, 6.07) is 11.6. The smallest absolute Gasteiger partial charge is 0.246 e. The van der Waals surface area contributed by atoms with E-state index in [2.05, 4.69) is 0 Å². The van der Waals surface area contributed by atoms with Crippen LogP contribution in [-0.4, -0.2) is 26.9 Å². The molecule has 0 amide bonds. The molecular weight excluding hydrogens is 334 g/mol. The van der Waals surface area contributed by atoms with E-state index in [1.165, 1.54) is 17.0 Å². The van der Waals surface area contributed by atoms with Crippen LogP contribution in [0.2, 0.25) is 0 Å². The molecule has 0 radical (unpaired) electrons. The fourth-order valence-corrected chi connectivity index (χ4v) is 4.65. The van der Waals surface area contributed by atoms with E-state index < -0.39 is 10.0 Å². The molecule has 0 spiro atoms. The minimum Gasteiger partial charge on any atom is -0.495 e. The summed E-state index contributed by atoms with van der Waals surface area (Å²) >= 11 is 0. The van der Waals surface area contributed by atoms with Gasteiger partial charge in [-0.1, -0.05) is 29.8 Å². The summed E-state index contributed by atoms with van der Waals surface area (Å²) in [4.78, 5) is 0.269. The summed E-state index contributed by atoms with van der Waals surface area (Å²) in [7, 11) is -0.465. The molecule has 0 N–H and O–H groups in total. The summed E-state index contributed by atoms with van der Waals surface area (Å²) in [5, 5.41) is 0. The highest BCUT2D eigenvalue weighted by atomic mass is 32.2. The maximum atomic E-state index is 13.1. The summed E-state index contributed by atoms with van der Waals surface area (Å²) in [5.41, 5.74) is 4.47. The van der Waals surface area contributed by atoms with Crippen molar-refractivity contribution in [2.75, 3.05) is 14.2 Å². The fraction of sp³-hybridized carbons (Fsp3) is 0.400. The van der Waals surface area contributed by atoms with E-state index in [1.54, 1.807) is 7.05 Å². The summed E-state index contributed by atoms with van der Waals surface area (Å²) in [6.07, 6.45) is 4.18. The molecule has 2 aromatic rings. The molecule has 0 aromatic heterocycles. The zero-order valence-electron chi connectivity index (χ0n) is 15.1. The molecule has 0 heterocycles. The van der Waals surface area contributed by atoms with Crippen LogP contribution in [0.25, 0.3) is 0 Å². The second-order valence-corrected chi connectivity index (χ2v) is 8.74. The standard InChI is InChI=1S/C20H25NO3S/c1-15-8-10-16(11-9-15)14-21(2)25(22,23)20-13-18-7-5-4-6-17(18)12-19(20)24-3/h8-13H,4-7,14H2,1-3H3. The minimum atomic E-state index is -3.62. The van der Waals surface area contributed by atoms with Crippen LogP contribution in [0.15, 0.2) is 41.3 Å². The third-order valence-corrected chi connectivity index (χ3v) is 6.67. The SMILES string of the molecule is COc1cc2c(cc1S(=O)(=O)N(C)Cc1ccc(C)cc1)CCCC2. The Labute approximate surface area is 150 Å². The van der Waals surface area contributed by atoms with Gasteiger partial charge in [0, 0.05) is 13.6 Å². The van der Waals surface area contributed by atoms with Crippen LogP contribution in [0.1, 0.15) is 35.1 Å². The number of hydrogen-bond donors (Lipinski definition) is 0. The molecule has 0 atom stereocenters. The molecule has 134 valence electrons. The first-order valence-electron chi connectivity index (χ1n) is 8.63. The number of benzene rings is 2. The van der Waals surface area contributed by atoms with Crippen molar-refractivity contribution >= 4 is 10.0 Å². The Hall–Kier alpha value is -1.85.